The average molecular weight is 538 g/mol. The molecule has 1 aliphatic carbocycles. The van der Waals surface area contributed by atoms with Crippen molar-refractivity contribution in [1.29, 1.82) is 0 Å². The number of phenols is 1. The fourth-order valence-corrected chi connectivity index (χ4v) is 7.04. The molecular formula is C31H39NO5S. The van der Waals surface area contributed by atoms with Gasteiger partial charge in [0.1, 0.15) is 23.8 Å². The smallest absolute Gasteiger partial charge is 0.353 e. The third kappa shape index (κ3) is 5.58. The largest absolute Gasteiger partial charge is 0.507 e. The number of carboxylic acids is 1. The summed E-state index contributed by atoms with van der Waals surface area (Å²) in [6, 6.07) is 3.92. The van der Waals surface area contributed by atoms with Crippen molar-refractivity contribution < 1.29 is 24.5 Å². The number of thioether (sulfide) groups is 1. The van der Waals surface area contributed by atoms with Gasteiger partial charge in [0.2, 0.25) is 5.91 Å². The van der Waals surface area contributed by atoms with Gasteiger partial charge in [-0.15, -0.1) is 0 Å². The van der Waals surface area contributed by atoms with Gasteiger partial charge in [-0.25, -0.2) is 4.79 Å². The molecule has 0 radical (unpaired) electrons. The number of carboxylic acid groups (broad SMARTS) is 1. The van der Waals surface area contributed by atoms with Gasteiger partial charge in [-0.1, -0.05) is 62.3 Å². The maximum Gasteiger partial charge on any atom is 0.353 e. The highest BCUT2D eigenvalue weighted by molar-refractivity contribution is 8.04. The molecule has 0 bridgehead atoms. The molecule has 6 nitrogen and oxygen atoms in total. The van der Waals surface area contributed by atoms with Crippen LogP contribution in [0.3, 0.4) is 0 Å². The minimum atomic E-state index is -1.10. The highest BCUT2D eigenvalue weighted by atomic mass is 32.2. The molecule has 2 N–H and O–H groups in total. The zero-order valence-electron chi connectivity index (χ0n) is 22.8. The Labute approximate surface area is 230 Å². The van der Waals surface area contributed by atoms with Crippen LogP contribution in [0.2, 0.25) is 0 Å². The Bertz CT molecular complexity index is 1210. The second-order valence-corrected chi connectivity index (χ2v) is 11.9. The van der Waals surface area contributed by atoms with E-state index in [4.69, 9.17) is 4.74 Å². The number of phenolic OH excluding ortho intramolecular Hbond substituents is 1. The molecule has 2 aliphatic heterocycles. The number of aryl methyl sites for hydroxylation is 1. The molecular weight excluding hydrogens is 498 g/mol. The number of hydrogen-bond acceptors (Lipinski definition) is 5. The number of aliphatic carboxylic acids is 1. The maximum atomic E-state index is 12.2. The molecule has 0 spiro atoms. The van der Waals surface area contributed by atoms with E-state index in [1.54, 1.807) is 12.2 Å². The summed E-state index contributed by atoms with van der Waals surface area (Å²) in [5.41, 5.74) is 4.26. The molecule has 1 amide bonds. The molecule has 0 saturated carbocycles. The van der Waals surface area contributed by atoms with Crippen molar-refractivity contribution in [1.82, 2.24) is 4.90 Å². The Kier molecular flexibility index (Phi) is 8.76. The summed E-state index contributed by atoms with van der Waals surface area (Å²) in [4.78, 5) is 26.0. The first-order valence-corrected chi connectivity index (χ1v) is 14.5. The fourth-order valence-electron chi connectivity index (χ4n) is 5.68. The first-order valence-electron chi connectivity index (χ1n) is 13.6. The van der Waals surface area contributed by atoms with E-state index in [-0.39, 0.29) is 47.1 Å². The first kappa shape index (κ1) is 28.1. The SMILES string of the molecule is C=C(C)[C@@H]1CCC(C)=C[C@H]1c1c(O)cc(CCCCC)cc1OC/C=C/C1=C(C(=O)O)N2C(=O)C(C)C2S1. The Hall–Kier alpha value is -2.93. The van der Waals surface area contributed by atoms with Gasteiger partial charge < -0.3 is 14.9 Å². The van der Waals surface area contributed by atoms with Crippen molar-refractivity contribution in [3.8, 4) is 11.5 Å². The van der Waals surface area contributed by atoms with Crippen molar-refractivity contribution in [2.75, 3.05) is 6.61 Å². The van der Waals surface area contributed by atoms with Crippen LogP contribution >= 0.6 is 11.8 Å². The van der Waals surface area contributed by atoms with Crippen molar-refractivity contribution in [3.63, 3.8) is 0 Å². The van der Waals surface area contributed by atoms with E-state index in [0.717, 1.165) is 55.2 Å². The summed E-state index contributed by atoms with van der Waals surface area (Å²) in [6.45, 7) is 12.6. The topological polar surface area (TPSA) is 87.1 Å². The third-order valence-electron chi connectivity index (χ3n) is 7.80. The van der Waals surface area contributed by atoms with E-state index in [9.17, 15) is 19.8 Å². The van der Waals surface area contributed by atoms with E-state index >= 15 is 0 Å². The van der Waals surface area contributed by atoms with E-state index < -0.39 is 5.97 Å². The molecule has 2 unspecified atom stereocenters. The van der Waals surface area contributed by atoms with E-state index in [1.807, 2.05) is 26.0 Å². The zero-order chi connectivity index (χ0) is 27.6. The van der Waals surface area contributed by atoms with E-state index in [2.05, 4.69) is 26.5 Å². The number of unbranched alkanes of at least 4 members (excludes halogenated alkanes) is 2. The van der Waals surface area contributed by atoms with E-state index in [0.29, 0.717) is 10.7 Å². The van der Waals surface area contributed by atoms with Crippen molar-refractivity contribution in [2.24, 2.45) is 11.8 Å². The Balaban J connectivity index is 1.60. The Morgan fingerprint density at radius 2 is 2.08 bits per heavy atom. The van der Waals surface area contributed by atoms with Gasteiger partial charge in [-0.2, -0.15) is 0 Å². The standard InChI is InChI=1S/C31H39NO5S/c1-6-7-8-10-21-16-24(33)27(23-15-19(4)12-13-22(23)18(2)3)25(17-21)37-14-9-11-26-28(31(35)36)32-29(34)20(5)30(32)38-26/h9,11,15-17,20,22-23,30,33H,2,6-8,10,12-14H2,1,3-5H3,(H,35,36)/b11-9+/t20?,22-,23+,30?/m0/s1. The number of hydrogen-bond donors (Lipinski definition) is 2. The van der Waals surface area contributed by atoms with Crippen LogP contribution in [-0.4, -0.2) is 39.0 Å². The minimum Gasteiger partial charge on any atom is -0.507 e. The van der Waals surface area contributed by atoms with Gasteiger partial charge in [-0.3, -0.25) is 9.69 Å². The summed E-state index contributed by atoms with van der Waals surface area (Å²) >= 11 is 1.40. The Morgan fingerprint density at radius 1 is 1.32 bits per heavy atom. The summed E-state index contributed by atoms with van der Waals surface area (Å²) in [6.07, 6.45) is 11.9. The second kappa shape index (κ2) is 11.9. The van der Waals surface area contributed by atoms with Crippen molar-refractivity contribution in [3.05, 3.63) is 69.8 Å². The van der Waals surface area contributed by atoms with Crippen LogP contribution in [0.5, 0.6) is 11.5 Å². The molecule has 1 saturated heterocycles. The average Bonchev–Trinajstić information content (AvgIpc) is 3.22. The number of amides is 1. The van der Waals surface area contributed by atoms with Crippen LogP contribution in [0, 0.1) is 11.8 Å². The molecule has 7 heteroatoms. The highest BCUT2D eigenvalue weighted by Crippen LogP contribution is 2.50. The van der Waals surface area contributed by atoms with Gasteiger partial charge in [0.25, 0.3) is 0 Å². The maximum absolute atomic E-state index is 12.2. The number of carbonyl (C=O) groups is 2. The van der Waals surface area contributed by atoms with Crippen LogP contribution in [0.1, 0.15) is 76.8 Å². The van der Waals surface area contributed by atoms with Gasteiger partial charge in [0, 0.05) is 16.4 Å². The molecule has 4 atom stereocenters. The predicted octanol–water partition coefficient (Wildman–Crippen LogP) is 6.92. The molecule has 1 aromatic rings. The molecule has 4 rings (SSSR count). The number of carbonyl (C=O) groups excluding carboxylic acids is 1. The molecule has 38 heavy (non-hydrogen) atoms. The number of fused-ring (bicyclic) bond motifs is 1. The number of rotatable bonds is 11. The summed E-state index contributed by atoms with van der Waals surface area (Å²) in [5.74, 6) is -0.337. The number of benzene rings is 1. The first-order chi connectivity index (χ1) is 18.1. The lowest BCUT2D eigenvalue weighted by atomic mass is 9.73. The minimum absolute atomic E-state index is 0.0208. The number of nitrogens with zero attached hydrogens (tertiary/aromatic N) is 1. The number of ether oxygens (including phenoxy) is 1. The second-order valence-electron chi connectivity index (χ2n) is 10.8. The van der Waals surface area contributed by atoms with Crippen LogP contribution in [-0.2, 0) is 16.0 Å². The number of β-lactam (4-membered cyclic amide) rings is 1. The van der Waals surface area contributed by atoms with Gasteiger partial charge in [-0.05, 0) is 75.3 Å². The monoisotopic (exact) mass is 537 g/mol. The van der Waals surface area contributed by atoms with Crippen molar-refractivity contribution in [2.45, 2.75) is 77.5 Å². The number of aromatic hydroxyl groups is 1. The molecule has 0 aromatic heterocycles. The lowest BCUT2D eigenvalue weighted by Crippen LogP contribution is -2.55. The van der Waals surface area contributed by atoms with Gasteiger partial charge in [0.05, 0.1) is 11.3 Å². The molecule has 2 heterocycles. The van der Waals surface area contributed by atoms with E-state index in [1.165, 1.54) is 22.2 Å². The summed E-state index contributed by atoms with van der Waals surface area (Å²) < 4.78 is 6.28. The Morgan fingerprint density at radius 3 is 2.76 bits per heavy atom. The molecule has 204 valence electrons. The van der Waals surface area contributed by atoms with Crippen molar-refractivity contribution >= 4 is 23.6 Å². The highest BCUT2D eigenvalue weighted by Gasteiger charge is 2.53. The third-order valence-corrected chi connectivity index (χ3v) is 9.24. The lowest BCUT2D eigenvalue weighted by molar-refractivity contribution is -0.150. The lowest BCUT2D eigenvalue weighted by Gasteiger charge is -2.40. The van der Waals surface area contributed by atoms with Gasteiger partial charge >= 0.3 is 5.97 Å². The summed E-state index contributed by atoms with van der Waals surface area (Å²) in [5, 5.41) is 20.8. The summed E-state index contributed by atoms with van der Waals surface area (Å²) in [7, 11) is 0. The molecule has 1 fully saturated rings. The van der Waals surface area contributed by atoms with Gasteiger partial charge in [0.15, 0.2) is 0 Å². The normalized spacial score (nSPS) is 24.9. The van der Waals surface area contributed by atoms with Crippen LogP contribution in [0.4, 0.5) is 0 Å². The molecule has 1 aromatic carbocycles. The number of allylic oxidation sites excluding steroid dienone is 4. The molecule has 3 aliphatic rings. The van der Waals surface area contributed by atoms with Crippen LogP contribution in [0.15, 0.2) is 58.7 Å². The zero-order valence-corrected chi connectivity index (χ0v) is 23.6. The fraction of sp³-hybridized carbons (Fsp3) is 0.484. The quantitative estimate of drug-likeness (QED) is 0.181. The van der Waals surface area contributed by atoms with Crippen LogP contribution in [0.25, 0.3) is 0 Å². The van der Waals surface area contributed by atoms with Crippen LogP contribution < -0.4 is 4.74 Å². The predicted molar refractivity (Wildman–Crippen MR) is 152 cm³/mol.